The van der Waals surface area contributed by atoms with E-state index in [1.807, 2.05) is 20.8 Å². The van der Waals surface area contributed by atoms with Gasteiger partial charge in [-0.3, -0.25) is 4.79 Å². The summed E-state index contributed by atoms with van der Waals surface area (Å²) in [5, 5.41) is 3.43. The third-order valence-electron chi connectivity index (χ3n) is 2.72. The van der Waals surface area contributed by atoms with Gasteiger partial charge >= 0.3 is 0 Å². The van der Waals surface area contributed by atoms with Gasteiger partial charge in [0.05, 0.1) is 5.69 Å². The van der Waals surface area contributed by atoms with Crippen LogP contribution in [0.3, 0.4) is 0 Å². The Kier molecular flexibility index (Phi) is 5.20. The van der Waals surface area contributed by atoms with Gasteiger partial charge in [0.1, 0.15) is 0 Å². The van der Waals surface area contributed by atoms with Crippen molar-refractivity contribution >= 4 is 39.1 Å². The molecule has 1 aromatic rings. The van der Waals surface area contributed by atoms with E-state index < -0.39 is 0 Å². The summed E-state index contributed by atoms with van der Waals surface area (Å²) < 4.78 is 0.757. The number of hydrogen-bond donors (Lipinski definition) is 2. The predicted molar refractivity (Wildman–Crippen MR) is 79.8 cm³/mol. The molecule has 0 saturated heterocycles. The average Bonchev–Trinajstić information content (AvgIpc) is 2.20. The maximum atomic E-state index is 11.9. The summed E-state index contributed by atoms with van der Waals surface area (Å²) in [4.78, 5) is 11.9. The van der Waals surface area contributed by atoms with E-state index in [0.29, 0.717) is 17.1 Å². The minimum atomic E-state index is -0.177. The van der Waals surface area contributed by atoms with Gasteiger partial charge in [-0.2, -0.15) is 0 Å². The molecule has 0 saturated carbocycles. The first-order valence-corrected chi connectivity index (χ1v) is 6.87. The van der Waals surface area contributed by atoms with Crippen molar-refractivity contribution in [2.75, 3.05) is 5.32 Å². The van der Waals surface area contributed by atoms with Crippen molar-refractivity contribution in [2.45, 2.75) is 33.2 Å². The molecule has 5 heteroatoms. The highest BCUT2D eigenvalue weighted by molar-refractivity contribution is 9.10. The van der Waals surface area contributed by atoms with Gasteiger partial charge in [-0.15, -0.1) is 0 Å². The molecule has 0 spiro atoms. The molecule has 0 aliphatic heterocycles. The fraction of sp³-hybridized carbons (Fsp3) is 0.462. The van der Waals surface area contributed by atoms with Crippen LogP contribution < -0.4 is 11.1 Å². The van der Waals surface area contributed by atoms with Crippen LogP contribution in [0.5, 0.6) is 0 Å². The lowest BCUT2D eigenvalue weighted by atomic mass is 9.85. The summed E-state index contributed by atoms with van der Waals surface area (Å²) >= 11 is 9.19. The number of halogens is 2. The number of anilines is 1. The molecule has 100 valence electrons. The lowest BCUT2D eigenvalue weighted by Crippen LogP contribution is -2.38. The SMILES string of the molecule is CC(C)(C)C(N)CC(=O)Nc1ccc(Cl)cc1Br. The molecule has 0 aliphatic carbocycles. The minimum absolute atomic E-state index is 0.0887. The molecule has 0 bridgehead atoms. The Morgan fingerprint density at radius 2 is 2.11 bits per heavy atom. The zero-order valence-electron chi connectivity index (χ0n) is 10.8. The van der Waals surface area contributed by atoms with Crippen LogP contribution in [0.25, 0.3) is 0 Å². The first kappa shape index (κ1) is 15.5. The maximum absolute atomic E-state index is 11.9. The number of carbonyl (C=O) groups excluding carboxylic acids is 1. The molecule has 0 heterocycles. The highest BCUT2D eigenvalue weighted by Crippen LogP contribution is 2.26. The Bertz CT molecular complexity index is 443. The van der Waals surface area contributed by atoms with Crippen LogP contribution in [0.15, 0.2) is 22.7 Å². The Labute approximate surface area is 121 Å². The molecule has 0 fully saturated rings. The molecule has 0 aromatic heterocycles. The van der Waals surface area contributed by atoms with Gasteiger partial charge in [-0.05, 0) is 39.5 Å². The third-order valence-corrected chi connectivity index (χ3v) is 3.61. The average molecular weight is 334 g/mol. The smallest absolute Gasteiger partial charge is 0.225 e. The molecule has 18 heavy (non-hydrogen) atoms. The third kappa shape index (κ3) is 4.59. The number of carbonyl (C=O) groups is 1. The number of nitrogens with one attached hydrogen (secondary N) is 1. The number of hydrogen-bond acceptors (Lipinski definition) is 2. The summed E-state index contributed by atoms with van der Waals surface area (Å²) in [5.41, 5.74) is 6.58. The van der Waals surface area contributed by atoms with Gasteiger partial charge in [0.2, 0.25) is 5.91 Å². The van der Waals surface area contributed by atoms with Crippen molar-refractivity contribution in [2.24, 2.45) is 11.1 Å². The van der Waals surface area contributed by atoms with E-state index in [1.54, 1.807) is 18.2 Å². The maximum Gasteiger partial charge on any atom is 0.225 e. The van der Waals surface area contributed by atoms with Crippen molar-refractivity contribution in [1.29, 1.82) is 0 Å². The lowest BCUT2D eigenvalue weighted by Gasteiger charge is -2.26. The lowest BCUT2D eigenvalue weighted by molar-refractivity contribution is -0.117. The van der Waals surface area contributed by atoms with Gasteiger partial charge in [-0.25, -0.2) is 0 Å². The Morgan fingerprint density at radius 3 is 2.61 bits per heavy atom. The molecule has 1 rings (SSSR count). The van der Waals surface area contributed by atoms with E-state index in [0.717, 1.165) is 4.47 Å². The van der Waals surface area contributed by atoms with Crippen molar-refractivity contribution in [3.63, 3.8) is 0 Å². The van der Waals surface area contributed by atoms with E-state index in [4.69, 9.17) is 17.3 Å². The predicted octanol–water partition coefficient (Wildman–Crippen LogP) is 3.80. The second-order valence-corrected chi connectivity index (χ2v) is 6.64. The van der Waals surface area contributed by atoms with Crippen molar-refractivity contribution < 1.29 is 4.79 Å². The van der Waals surface area contributed by atoms with Crippen LogP contribution in [0.4, 0.5) is 5.69 Å². The minimum Gasteiger partial charge on any atom is -0.327 e. The van der Waals surface area contributed by atoms with E-state index in [1.165, 1.54) is 0 Å². The quantitative estimate of drug-likeness (QED) is 0.884. The molecule has 1 amide bonds. The van der Waals surface area contributed by atoms with Crippen LogP contribution >= 0.6 is 27.5 Å². The molecular weight excluding hydrogens is 316 g/mol. The highest BCUT2D eigenvalue weighted by Gasteiger charge is 2.23. The first-order valence-electron chi connectivity index (χ1n) is 5.70. The van der Waals surface area contributed by atoms with E-state index in [9.17, 15) is 4.79 Å². The van der Waals surface area contributed by atoms with Crippen molar-refractivity contribution in [1.82, 2.24) is 0 Å². The Morgan fingerprint density at radius 1 is 1.50 bits per heavy atom. The van der Waals surface area contributed by atoms with Crippen LogP contribution in [0.2, 0.25) is 5.02 Å². The molecule has 0 aliphatic rings. The topological polar surface area (TPSA) is 55.1 Å². The van der Waals surface area contributed by atoms with Gasteiger partial charge < -0.3 is 11.1 Å². The van der Waals surface area contributed by atoms with E-state index >= 15 is 0 Å². The van der Waals surface area contributed by atoms with Crippen LogP contribution in [-0.4, -0.2) is 11.9 Å². The summed E-state index contributed by atoms with van der Waals surface area (Å²) in [6.07, 6.45) is 0.290. The molecule has 1 unspecified atom stereocenters. The fourth-order valence-electron chi connectivity index (χ4n) is 1.30. The zero-order chi connectivity index (χ0) is 13.9. The number of benzene rings is 1. The highest BCUT2D eigenvalue weighted by atomic mass is 79.9. The molecule has 3 N–H and O–H groups in total. The van der Waals surface area contributed by atoms with Crippen LogP contribution in [-0.2, 0) is 4.79 Å². The molecule has 1 atom stereocenters. The van der Waals surface area contributed by atoms with Gasteiger partial charge in [-0.1, -0.05) is 32.4 Å². The van der Waals surface area contributed by atoms with E-state index in [2.05, 4.69) is 21.2 Å². The fourth-order valence-corrected chi connectivity index (χ4v) is 2.08. The summed E-state index contributed by atoms with van der Waals surface area (Å²) in [6.45, 7) is 6.05. The second kappa shape index (κ2) is 6.04. The summed E-state index contributed by atoms with van der Waals surface area (Å²) in [7, 11) is 0. The zero-order valence-corrected chi connectivity index (χ0v) is 13.1. The van der Waals surface area contributed by atoms with Crippen LogP contribution in [0, 0.1) is 5.41 Å². The summed E-state index contributed by atoms with van der Waals surface area (Å²) in [5.74, 6) is -0.0968. The number of rotatable bonds is 3. The first-order chi connectivity index (χ1) is 8.20. The largest absolute Gasteiger partial charge is 0.327 e. The Balaban J connectivity index is 2.65. The summed E-state index contributed by atoms with van der Waals surface area (Å²) in [6, 6.07) is 5.04. The van der Waals surface area contributed by atoms with E-state index in [-0.39, 0.29) is 17.4 Å². The second-order valence-electron chi connectivity index (χ2n) is 5.35. The Hall–Kier alpha value is -0.580. The van der Waals surface area contributed by atoms with Crippen LogP contribution in [0.1, 0.15) is 27.2 Å². The molecule has 3 nitrogen and oxygen atoms in total. The van der Waals surface area contributed by atoms with Gasteiger partial charge in [0.25, 0.3) is 0 Å². The molecule has 1 aromatic carbocycles. The van der Waals surface area contributed by atoms with Crippen molar-refractivity contribution in [3.8, 4) is 0 Å². The normalized spacial score (nSPS) is 13.2. The van der Waals surface area contributed by atoms with Crippen molar-refractivity contribution in [3.05, 3.63) is 27.7 Å². The molecular formula is C13H18BrClN2O. The number of amides is 1. The monoisotopic (exact) mass is 332 g/mol. The van der Waals surface area contributed by atoms with Gasteiger partial charge in [0.15, 0.2) is 0 Å². The molecule has 0 radical (unpaired) electrons. The number of nitrogens with two attached hydrogens (primary N) is 1. The van der Waals surface area contributed by atoms with Gasteiger partial charge in [0, 0.05) is 22.0 Å². The standard InChI is InChI=1S/C13H18BrClN2O/c1-13(2,3)11(16)7-12(18)17-10-5-4-8(15)6-9(10)14/h4-6,11H,7,16H2,1-3H3,(H,17,18).